The first-order valence-corrected chi connectivity index (χ1v) is 6.90. The average molecular weight is 330 g/mol. The van der Waals surface area contributed by atoms with Crippen LogP contribution in [0, 0.1) is 0 Å². The first kappa shape index (κ1) is 12.9. The number of hydrogen-bond donors (Lipinski definition) is 1. The highest BCUT2D eigenvalue weighted by molar-refractivity contribution is 9.10. The van der Waals surface area contributed by atoms with Crippen LogP contribution >= 0.6 is 15.9 Å². The lowest BCUT2D eigenvalue weighted by Gasteiger charge is -2.10. The molecule has 1 heterocycles. The fourth-order valence-electron chi connectivity index (χ4n) is 1.92. The molecule has 0 unspecified atom stereocenters. The van der Waals surface area contributed by atoms with Gasteiger partial charge in [-0.3, -0.25) is 4.98 Å². The van der Waals surface area contributed by atoms with Crippen molar-refractivity contribution in [1.82, 2.24) is 9.97 Å². The molecule has 2 aromatic carbocycles. The lowest BCUT2D eigenvalue weighted by atomic mass is 10.1. The number of hydrogen-bond acceptors (Lipinski definition) is 4. The smallest absolute Gasteiger partial charge is 0.141 e. The number of benzene rings is 2. The van der Waals surface area contributed by atoms with Crippen molar-refractivity contribution in [2.75, 3.05) is 5.73 Å². The zero-order valence-corrected chi connectivity index (χ0v) is 12.2. The molecule has 0 aliphatic rings. The highest BCUT2D eigenvalue weighted by atomic mass is 79.9. The van der Waals surface area contributed by atoms with Crippen molar-refractivity contribution in [1.29, 1.82) is 0 Å². The van der Waals surface area contributed by atoms with Gasteiger partial charge in [-0.2, -0.15) is 0 Å². The highest BCUT2D eigenvalue weighted by Gasteiger charge is 2.06. The molecule has 20 heavy (non-hydrogen) atoms. The van der Waals surface area contributed by atoms with E-state index in [9.17, 15) is 0 Å². The number of aromatic nitrogens is 2. The molecule has 0 fully saturated rings. The third-order valence-corrected chi connectivity index (χ3v) is 3.75. The minimum atomic E-state index is 0.351. The van der Waals surface area contributed by atoms with Crippen LogP contribution in [0.15, 0.2) is 53.3 Å². The molecule has 0 bridgehead atoms. The van der Waals surface area contributed by atoms with E-state index in [-0.39, 0.29) is 0 Å². The molecule has 100 valence electrons. The van der Waals surface area contributed by atoms with E-state index >= 15 is 0 Å². The van der Waals surface area contributed by atoms with Crippen LogP contribution in [0.25, 0.3) is 10.8 Å². The quantitative estimate of drug-likeness (QED) is 0.798. The van der Waals surface area contributed by atoms with Gasteiger partial charge < -0.3 is 10.5 Å². The normalized spacial score (nSPS) is 10.7. The zero-order valence-electron chi connectivity index (χ0n) is 10.6. The van der Waals surface area contributed by atoms with Crippen molar-refractivity contribution in [3.05, 3.63) is 59.0 Å². The molecule has 1 aromatic heterocycles. The Morgan fingerprint density at radius 3 is 2.70 bits per heavy atom. The number of nitrogens with zero attached hydrogens (tertiary/aromatic N) is 2. The monoisotopic (exact) mass is 329 g/mol. The Balaban J connectivity index is 1.84. The van der Waals surface area contributed by atoms with Gasteiger partial charge in [0.1, 0.15) is 18.2 Å². The van der Waals surface area contributed by atoms with Gasteiger partial charge in [0.2, 0.25) is 0 Å². The first-order valence-electron chi connectivity index (χ1n) is 6.10. The average Bonchev–Trinajstić information content (AvgIpc) is 2.49. The second-order valence-electron chi connectivity index (χ2n) is 4.32. The van der Waals surface area contributed by atoms with E-state index in [4.69, 9.17) is 10.5 Å². The summed E-state index contributed by atoms with van der Waals surface area (Å²) in [7, 11) is 0. The summed E-state index contributed by atoms with van der Waals surface area (Å²) >= 11 is 3.59. The van der Waals surface area contributed by atoms with E-state index < -0.39 is 0 Å². The Kier molecular flexibility index (Phi) is 3.52. The number of halogens is 1. The van der Waals surface area contributed by atoms with Crippen LogP contribution in [0.5, 0.6) is 5.75 Å². The summed E-state index contributed by atoms with van der Waals surface area (Å²) in [6.07, 6.45) is 3.14. The van der Waals surface area contributed by atoms with Crippen molar-refractivity contribution in [2.24, 2.45) is 0 Å². The lowest BCUT2D eigenvalue weighted by Crippen LogP contribution is -2.01. The predicted molar refractivity (Wildman–Crippen MR) is 82.4 cm³/mol. The molecule has 3 rings (SSSR count). The first-order chi connectivity index (χ1) is 9.74. The maximum absolute atomic E-state index is 5.78. The van der Waals surface area contributed by atoms with E-state index in [1.165, 1.54) is 11.6 Å². The second-order valence-corrected chi connectivity index (χ2v) is 5.11. The Labute approximate surface area is 124 Å². The van der Waals surface area contributed by atoms with E-state index in [2.05, 4.69) is 38.0 Å². The Hall–Kier alpha value is -2.14. The van der Waals surface area contributed by atoms with Crippen LogP contribution < -0.4 is 10.5 Å². The highest BCUT2D eigenvalue weighted by Crippen LogP contribution is 2.33. The fourth-order valence-corrected chi connectivity index (χ4v) is 2.52. The van der Waals surface area contributed by atoms with Crippen LogP contribution in [0.4, 0.5) is 5.82 Å². The van der Waals surface area contributed by atoms with Gasteiger partial charge in [0, 0.05) is 0 Å². The molecule has 0 saturated carbocycles. The largest absolute Gasteiger partial charge is 0.486 e. The number of anilines is 1. The maximum atomic E-state index is 5.78. The topological polar surface area (TPSA) is 61.0 Å². The fraction of sp³-hybridized carbons (Fsp3) is 0.0667. The number of rotatable bonds is 3. The van der Waals surface area contributed by atoms with Gasteiger partial charge >= 0.3 is 0 Å². The number of ether oxygens (including phenoxy) is 1. The minimum absolute atomic E-state index is 0.351. The summed E-state index contributed by atoms with van der Waals surface area (Å²) < 4.78 is 6.72. The predicted octanol–water partition coefficient (Wildman–Crippen LogP) is 3.55. The third-order valence-electron chi connectivity index (χ3n) is 2.93. The molecule has 0 amide bonds. The molecule has 0 saturated heterocycles. The van der Waals surface area contributed by atoms with Gasteiger partial charge in [-0.25, -0.2) is 4.98 Å². The molecule has 5 heteroatoms. The molecule has 0 radical (unpaired) electrons. The molecule has 3 aromatic rings. The maximum Gasteiger partial charge on any atom is 0.141 e. The molecule has 0 atom stereocenters. The summed E-state index contributed by atoms with van der Waals surface area (Å²) in [4.78, 5) is 8.14. The molecule has 0 aliphatic heterocycles. The molecule has 2 N–H and O–H groups in total. The van der Waals surface area contributed by atoms with Crippen molar-refractivity contribution in [3.8, 4) is 5.75 Å². The second kappa shape index (κ2) is 5.46. The van der Waals surface area contributed by atoms with E-state index in [1.807, 2.05) is 24.3 Å². The van der Waals surface area contributed by atoms with Crippen LogP contribution in [0.3, 0.4) is 0 Å². The molecule has 0 spiro atoms. The summed E-state index contributed by atoms with van der Waals surface area (Å²) in [5.41, 5.74) is 6.23. The van der Waals surface area contributed by atoms with Gasteiger partial charge in [0.15, 0.2) is 0 Å². The third kappa shape index (κ3) is 2.58. The van der Waals surface area contributed by atoms with E-state index in [0.717, 1.165) is 21.3 Å². The minimum Gasteiger partial charge on any atom is -0.486 e. The summed E-state index contributed by atoms with van der Waals surface area (Å²) in [6, 6.07) is 12.1. The van der Waals surface area contributed by atoms with E-state index in [1.54, 1.807) is 6.20 Å². The van der Waals surface area contributed by atoms with E-state index in [0.29, 0.717) is 12.4 Å². The summed E-state index contributed by atoms with van der Waals surface area (Å²) in [6.45, 7) is 0.351. The SMILES string of the molecule is Nc1cnc(COc2ccc3ccccc3c2Br)cn1. The van der Waals surface area contributed by atoms with Gasteiger partial charge in [-0.15, -0.1) is 0 Å². The van der Waals surface area contributed by atoms with Crippen LogP contribution in [-0.2, 0) is 6.61 Å². The van der Waals surface area contributed by atoms with Crippen LogP contribution in [-0.4, -0.2) is 9.97 Å². The summed E-state index contributed by atoms with van der Waals surface area (Å²) in [5, 5.41) is 2.28. The van der Waals surface area contributed by atoms with Gasteiger partial charge in [-0.05, 0) is 32.8 Å². The Morgan fingerprint density at radius 1 is 1.05 bits per heavy atom. The Bertz CT molecular complexity index is 744. The zero-order chi connectivity index (χ0) is 13.9. The van der Waals surface area contributed by atoms with Crippen molar-refractivity contribution in [2.45, 2.75) is 6.61 Å². The van der Waals surface area contributed by atoms with Gasteiger partial charge in [0.25, 0.3) is 0 Å². The van der Waals surface area contributed by atoms with Gasteiger partial charge in [0.05, 0.1) is 22.6 Å². The van der Waals surface area contributed by atoms with Gasteiger partial charge in [-0.1, -0.05) is 30.3 Å². The van der Waals surface area contributed by atoms with Crippen molar-refractivity contribution < 1.29 is 4.74 Å². The van der Waals surface area contributed by atoms with Crippen molar-refractivity contribution >= 4 is 32.5 Å². The standard InChI is InChI=1S/C15H12BrN3O/c16-15-12-4-2-1-3-10(12)5-6-13(15)20-9-11-7-19-14(17)8-18-11/h1-8H,9H2,(H2,17,19). The molecular formula is C15H12BrN3O. The van der Waals surface area contributed by atoms with Crippen LogP contribution in [0.2, 0.25) is 0 Å². The van der Waals surface area contributed by atoms with Crippen molar-refractivity contribution in [3.63, 3.8) is 0 Å². The Morgan fingerprint density at radius 2 is 1.90 bits per heavy atom. The molecule has 4 nitrogen and oxygen atoms in total. The number of nitrogens with two attached hydrogens (primary N) is 1. The molecular weight excluding hydrogens is 318 g/mol. The van der Waals surface area contributed by atoms with Crippen LogP contribution in [0.1, 0.15) is 5.69 Å². The lowest BCUT2D eigenvalue weighted by molar-refractivity contribution is 0.299. The summed E-state index contributed by atoms with van der Waals surface area (Å²) in [5.74, 6) is 1.18. The number of nitrogen functional groups attached to an aromatic ring is 1. The number of fused-ring (bicyclic) bond motifs is 1. The molecule has 0 aliphatic carbocycles.